The molecular weight excluding hydrogens is 506 g/mol. The second-order valence-electron chi connectivity index (χ2n) is 9.90. The number of aryl methyl sites for hydroxylation is 1. The normalized spacial score (nSPS) is 16.3. The van der Waals surface area contributed by atoms with Crippen molar-refractivity contribution in [1.29, 1.82) is 0 Å². The maximum atomic E-state index is 13.0. The lowest BCUT2D eigenvalue weighted by Gasteiger charge is -2.32. The van der Waals surface area contributed by atoms with Crippen LogP contribution in [-0.4, -0.2) is 31.1 Å². The molecule has 0 saturated heterocycles. The molecule has 40 heavy (non-hydrogen) atoms. The molecule has 0 spiro atoms. The van der Waals surface area contributed by atoms with Gasteiger partial charge in [-0.15, -0.1) is 0 Å². The second kappa shape index (κ2) is 13.0. The van der Waals surface area contributed by atoms with E-state index in [9.17, 15) is 9.59 Å². The first-order valence-electron chi connectivity index (χ1n) is 13.2. The Morgan fingerprint density at radius 2 is 1.73 bits per heavy atom. The maximum absolute atomic E-state index is 13.0. The van der Waals surface area contributed by atoms with E-state index >= 15 is 0 Å². The first-order chi connectivity index (χ1) is 19.3. The van der Waals surface area contributed by atoms with E-state index in [0.717, 1.165) is 33.8 Å². The summed E-state index contributed by atoms with van der Waals surface area (Å²) < 4.78 is 16.2. The third-order valence-electron chi connectivity index (χ3n) is 7.06. The van der Waals surface area contributed by atoms with E-state index in [2.05, 4.69) is 5.32 Å². The number of nitrogens with one attached hydrogen (secondary N) is 1. The molecule has 208 valence electrons. The molecule has 7 heteroatoms. The van der Waals surface area contributed by atoms with Gasteiger partial charge in [-0.2, -0.15) is 0 Å². The van der Waals surface area contributed by atoms with E-state index in [1.54, 1.807) is 26.4 Å². The van der Waals surface area contributed by atoms with Crippen LogP contribution >= 0.6 is 0 Å². The number of hydrogen-bond acceptors (Lipinski definition) is 7. The zero-order valence-electron chi connectivity index (χ0n) is 23.3. The van der Waals surface area contributed by atoms with E-state index < -0.39 is 5.97 Å². The molecule has 7 nitrogen and oxygen atoms in total. The monoisotopic (exact) mass is 541 g/mol. The molecule has 1 unspecified atom stereocenters. The Bertz CT molecular complexity index is 1440. The lowest BCUT2D eigenvalue weighted by Crippen LogP contribution is -2.31. The number of benzene rings is 3. The topological polar surface area (TPSA) is 94.1 Å². The summed E-state index contributed by atoms with van der Waals surface area (Å²) in [5.41, 5.74) is 5.75. The van der Waals surface area contributed by atoms with Gasteiger partial charge in [-0.1, -0.05) is 42.5 Å². The summed E-state index contributed by atoms with van der Waals surface area (Å²) in [6.45, 7) is 3.94. The van der Waals surface area contributed by atoms with Gasteiger partial charge in [-0.25, -0.2) is 4.79 Å². The summed E-state index contributed by atoms with van der Waals surface area (Å²) in [6.07, 6.45) is 1.39. The van der Waals surface area contributed by atoms with E-state index in [-0.39, 0.29) is 18.3 Å². The molecule has 2 N–H and O–H groups in total. The number of methoxy groups -OCH3 is 2. The lowest BCUT2D eigenvalue weighted by atomic mass is 9.78. The van der Waals surface area contributed by atoms with Crippen LogP contribution in [0.3, 0.4) is 0 Å². The Hall–Kier alpha value is -4.52. The molecule has 1 aliphatic heterocycles. The Kier molecular flexibility index (Phi) is 9.27. The van der Waals surface area contributed by atoms with Crippen LogP contribution in [0.5, 0.6) is 17.2 Å². The fraction of sp³-hybridized carbons (Fsp3) is 0.273. The standard InChI is InChI=1S/C26H27NO5.C7H8O/c1-16-21(26(29)32-15-17-7-6-8-19(11-17)30-2)14-22-23(27-16)12-18(13-24(22)28)20-9-4-5-10-25(20)31-3;1-6-3-2-4-7(8)5-6/h4-11,18,27H,12-15H2,1-3H3;2-5,8H,1H3. The third kappa shape index (κ3) is 6.91. The van der Waals surface area contributed by atoms with Crippen molar-refractivity contribution >= 4 is 11.8 Å². The summed E-state index contributed by atoms with van der Waals surface area (Å²) in [5.74, 6) is 1.52. The number of aromatic hydroxyl groups is 1. The van der Waals surface area contributed by atoms with Crippen molar-refractivity contribution < 1.29 is 28.9 Å². The minimum atomic E-state index is -0.413. The average molecular weight is 542 g/mol. The number of ether oxygens (including phenoxy) is 3. The Morgan fingerprint density at radius 1 is 0.950 bits per heavy atom. The molecule has 0 aromatic heterocycles. The van der Waals surface area contributed by atoms with Crippen LogP contribution < -0.4 is 14.8 Å². The molecule has 5 rings (SSSR count). The molecule has 0 radical (unpaired) electrons. The van der Waals surface area contributed by atoms with Crippen molar-refractivity contribution in [3.8, 4) is 17.2 Å². The first kappa shape index (κ1) is 28.5. The summed E-state index contributed by atoms with van der Waals surface area (Å²) >= 11 is 0. The number of Topliss-reactive ketones (excluding diaryl/α,β-unsaturated/α-hetero) is 1. The van der Waals surface area contributed by atoms with Gasteiger partial charge in [0, 0.05) is 35.7 Å². The van der Waals surface area contributed by atoms with Crippen LogP contribution in [-0.2, 0) is 20.9 Å². The largest absolute Gasteiger partial charge is 0.508 e. The molecule has 3 aromatic rings. The molecule has 0 bridgehead atoms. The second-order valence-corrected chi connectivity index (χ2v) is 9.90. The van der Waals surface area contributed by atoms with E-state index in [1.807, 2.05) is 74.5 Å². The molecule has 1 heterocycles. The summed E-state index contributed by atoms with van der Waals surface area (Å²) in [6, 6.07) is 22.4. The van der Waals surface area contributed by atoms with E-state index in [1.165, 1.54) is 0 Å². The SMILES string of the molecule is COc1cccc(COC(=O)C2=C(C)NC3=C(C2)C(=O)CC(c2ccccc2OC)C3)c1.Cc1cccc(O)c1. The molecule has 2 aliphatic rings. The number of esters is 1. The number of rotatable bonds is 6. The van der Waals surface area contributed by atoms with Gasteiger partial charge >= 0.3 is 5.97 Å². The third-order valence-corrected chi connectivity index (χ3v) is 7.06. The number of phenols is 1. The minimum absolute atomic E-state index is 0.0410. The summed E-state index contributed by atoms with van der Waals surface area (Å²) in [7, 11) is 3.24. The van der Waals surface area contributed by atoms with Gasteiger partial charge in [0.2, 0.25) is 0 Å². The zero-order chi connectivity index (χ0) is 28.6. The van der Waals surface area contributed by atoms with Gasteiger partial charge in [-0.05, 0) is 67.3 Å². The molecular formula is C33H35NO6. The number of allylic oxidation sites excluding steroid dienone is 3. The predicted molar refractivity (Wildman–Crippen MR) is 153 cm³/mol. The van der Waals surface area contributed by atoms with Gasteiger partial charge < -0.3 is 24.6 Å². The molecule has 1 aliphatic carbocycles. The summed E-state index contributed by atoms with van der Waals surface area (Å²) in [5, 5.41) is 12.1. The number of carbonyl (C=O) groups excluding carboxylic acids is 2. The average Bonchev–Trinajstić information content (AvgIpc) is 2.95. The highest BCUT2D eigenvalue weighted by Gasteiger charge is 2.34. The fourth-order valence-electron chi connectivity index (χ4n) is 4.98. The zero-order valence-corrected chi connectivity index (χ0v) is 23.3. The van der Waals surface area contributed by atoms with Gasteiger partial charge in [0.1, 0.15) is 23.9 Å². The van der Waals surface area contributed by atoms with Crippen LogP contribution in [0.1, 0.15) is 48.8 Å². The smallest absolute Gasteiger partial charge is 0.336 e. The van der Waals surface area contributed by atoms with E-state index in [0.29, 0.717) is 41.9 Å². The minimum Gasteiger partial charge on any atom is -0.508 e. The Labute approximate surface area is 235 Å². The number of dihydropyridines is 1. The van der Waals surface area contributed by atoms with Crippen molar-refractivity contribution in [2.75, 3.05) is 14.2 Å². The summed E-state index contributed by atoms with van der Waals surface area (Å²) in [4.78, 5) is 25.8. The molecule has 0 amide bonds. The van der Waals surface area contributed by atoms with Gasteiger partial charge in [-0.3, -0.25) is 4.79 Å². The van der Waals surface area contributed by atoms with Crippen molar-refractivity contribution in [2.24, 2.45) is 0 Å². The number of ketones is 1. The number of carbonyl (C=O) groups is 2. The molecule has 1 atom stereocenters. The molecule has 3 aromatic carbocycles. The van der Waals surface area contributed by atoms with Crippen molar-refractivity contribution in [1.82, 2.24) is 5.32 Å². The van der Waals surface area contributed by atoms with Crippen LogP contribution in [0.4, 0.5) is 0 Å². The van der Waals surface area contributed by atoms with Crippen LogP contribution in [0.15, 0.2) is 95.3 Å². The molecule has 0 fully saturated rings. The highest BCUT2D eigenvalue weighted by atomic mass is 16.5. The highest BCUT2D eigenvalue weighted by molar-refractivity contribution is 6.01. The predicted octanol–water partition coefficient (Wildman–Crippen LogP) is 6.12. The first-order valence-corrected chi connectivity index (χ1v) is 13.2. The van der Waals surface area contributed by atoms with Crippen molar-refractivity contribution in [3.63, 3.8) is 0 Å². The van der Waals surface area contributed by atoms with E-state index in [4.69, 9.17) is 19.3 Å². The lowest BCUT2D eigenvalue weighted by molar-refractivity contribution is -0.140. The highest BCUT2D eigenvalue weighted by Crippen LogP contribution is 2.41. The van der Waals surface area contributed by atoms with Crippen LogP contribution in [0, 0.1) is 6.92 Å². The van der Waals surface area contributed by atoms with Gasteiger partial charge in [0.05, 0.1) is 19.8 Å². The Balaban J connectivity index is 0.000000398. The van der Waals surface area contributed by atoms with Gasteiger partial charge in [0.15, 0.2) is 5.78 Å². The molecule has 0 saturated carbocycles. The Morgan fingerprint density at radius 3 is 2.42 bits per heavy atom. The van der Waals surface area contributed by atoms with Crippen LogP contribution in [0.2, 0.25) is 0 Å². The number of hydrogen-bond donors (Lipinski definition) is 2. The van der Waals surface area contributed by atoms with Gasteiger partial charge in [0.25, 0.3) is 0 Å². The van der Waals surface area contributed by atoms with Crippen molar-refractivity contribution in [2.45, 2.75) is 45.6 Å². The van der Waals surface area contributed by atoms with Crippen molar-refractivity contribution in [3.05, 3.63) is 112 Å². The number of para-hydroxylation sites is 1. The quantitative estimate of drug-likeness (QED) is 0.363. The number of phenolic OH excluding ortho intramolecular Hbond substituents is 1. The van der Waals surface area contributed by atoms with Crippen LogP contribution in [0.25, 0.3) is 0 Å². The maximum Gasteiger partial charge on any atom is 0.336 e. The fourth-order valence-corrected chi connectivity index (χ4v) is 4.98.